The maximum atomic E-state index is 13.2. The highest BCUT2D eigenvalue weighted by Gasteiger charge is 2.45. The number of carbonyl (C=O) groups is 2. The Morgan fingerprint density at radius 3 is 1.24 bits per heavy atom. The maximum absolute atomic E-state index is 13.2. The molecule has 0 fully saturated rings. The van der Waals surface area contributed by atoms with Crippen LogP contribution in [0.1, 0.15) is 16.7 Å². The smallest absolute Gasteiger partial charge is 0.333 e. The SMILES string of the molecule is [CH2]C(=O)OC(=O)C(c1ccccc1)(c1ccccc1)c1ccccc1. The van der Waals surface area contributed by atoms with Gasteiger partial charge in [0.25, 0.3) is 0 Å². The van der Waals surface area contributed by atoms with Crippen LogP contribution in [0.4, 0.5) is 0 Å². The van der Waals surface area contributed by atoms with E-state index in [1.807, 2.05) is 91.0 Å². The zero-order valence-electron chi connectivity index (χ0n) is 13.6. The van der Waals surface area contributed by atoms with Crippen LogP contribution in [0.5, 0.6) is 0 Å². The Labute approximate surface area is 146 Å². The van der Waals surface area contributed by atoms with Crippen LogP contribution < -0.4 is 0 Å². The minimum absolute atomic E-state index is 0.670. The van der Waals surface area contributed by atoms with Gasteiger partial charge in [-0.25, -0.2) is 4.79 Å². The fourth-order valence-electron chi connectivity index (χ4n) is 3.10. The van der Waals surface area contributed by atoms with Crippen molar-refractivity contribution < 1.29 is 14.3 Å². The number of carbonyl (C=O) groups excluding carboxylic acids is 2. The fourth-order valence-corrected chi connectivity index (χ4v) is 3.10. The summed E-state index contributed by atoms with van der Waals surface area (Å²) in [4.78, 5) is 24.6. The first-order valence-electron chi connectivity index (χ1n) is 7.90. The Bertz CT molecular complexity index is 759. The molecule has 0 unspecified atom stereocenters. The van der Waals surface area contributed by atoms with Crippen LogP contribution in [-0.4, -0.2) is 11.9 Å². The van der Waals surface area contributed by atoms with Gasteiger partial charge in [0.15, 0.2) is 0 Å². The first-order valence-corrected chi connectivity index (χ1v) is 7.90. The standard InChI is InChI=1S/C22H17O3/c1-17(23)25-21(24)22(18-11-5-2-6-12-18,19-13-7-3-8-14-19)20-15-9-4-10-16-20/h2-16H,1H2. The molecule has 0 saturated carbocycles. The van der Waals surface area contributed by atoms with Crippen molar-refractivity contribution in [2.75, 3.05) is 0 Å². The molecule has 0 N–H and O–H groups in total. The average molecular weight is 329 g/mol. The molecule has 0 amide bonds. The van der Waals surface area contributed by atoms with E-state index >= 15 is 0 Å². The van der Waals surface area contributed by atoms with Gasteiger partial charge in [0, 0.05) is 0 Å². The molecule has 0 aliphatic rings. The van der Waals surface area contributed by atoms with E-state index in [1.54, 1.807) is 0 Å². The van der Waals surface area contributed by atoms with E-state index in [0.717, 1.165) is 16.7 Å². The van der Waals surface area contributed by atoms with Gasteiger partial charge >= 0.3 is 11.9 Å². The quantitative estimate of drug-likeness (QED) is 0.414. The lowest BCUT2D eigenvalue weighted by atomic mass is 9.69. The van der Waals surface area contributed by atoms with Gasteiger partial charge in [0.05, 0.1) is 6.92 Å². The van der Waals surface area contributed by atoms with Crippen molar-refractivity contribution in [1.29, 1.82) is 0 Å². The van der Waals surface area contributed by atoms with Gasteiger partial charge in [0.2, 0.25) is 0 Å². The zero-order chi connectivity index (χ0) is 17.7. The Balaban J connectivity index is 2.36. The number of esters is 2. The molecule has 25 heavy (non-hydrogen) atoms. The minimum Gasteiger partial charge on any atom is -0.392 e. The molecular weight excluding hydrogens is 312 g/mol. The molecule has 0 saturated heterocycles. The molecular formula is C22H17O3. The molecule has 0 aromatic heterocycles. The Hall–Kier alpha value is -3.20. The molecule has 1 radical (unpaired) electrons. The van der Waals surface area contributed by atoms with Gasteiger partial charge in [-0.15, -0.1) is 0 Å². The Morgan fingerprint density at radius 2 is 0.960 bits per heavy atom. The molecule has 123 valence electrons. The van der Waals surface area contributed by atoms with Crippen LogP contribution in [0.2, 0.25) is 0 Å². The normalized spacial score (nSPS) is 10.9. The summed E-state index contributed by atoms with van der Waals surface area (Å²) in [6.07, 6.45) is 0. The van der Waals surface area contributed by atoms with E-state index in [0.29, 0.717) is 0 Å². The third kappa shape index (κ3) is 3.09. The monoisotopic (exact) mass is 329 g/mol. The summed E-state index contributed by atoms with van der Waals surface area (Å²) in [5.41, 5.74) is 0.910. The summed E-state index contributed by atoms with van der Waals surface area (Å²) in [5, 5.41) is 0. The summed E-state index contributed by atoms with van der Waals surface area (Å²) in [7, 11) is 0. The summed E-state index contributed by atoms with van der Waals surface area (Å²) in [5.74, 6) is -1.55. The lowest BCUT2D eigenvalue weighted by Gasteiger charge is -2.32. The van der Waals surface area contributed by atoms with Crippen molar-refractivity contribution in [2.24, 2.45) is 0 Å². The Morgan fingerprint density at radius 1 is 0.640 bits per heavy atom. The molecule has 3 aromatic carbocycles. The maximum Gasteiger partial charge on any atom is 0.333 e. The Kier molecular flexibility index (Phi) is 4.75. The largest absolute Gasteiger partial charge is 0.392 e. The van der Waals surface area contributed by atoms with E-state index in [9.17, 15) is 9.59 Å². The van der Waals surface area contributed by atoms with Crippen LogP contribution in [0, 0.1) is 6.92 Å². The third-order valence-electron chi connectivity index (χ3n) is 4.13. The first-order chi connectivity index (χ1) is 12.2. The van der Waals surface area contributed by atoms with Crippen molar-refractivity contribution in [3.8, 4) is 0 Å². The fraction of sp³-hybridized carbons (Fsp3) is 0.0455. The van der Waals surface area contributed by atoms with Crippen molar-refractivity contribution in [2.45, 2.75) is 5.41 Å². The van der Waals surface area contributed by atoms with Crippen LogP contribution in [-0.2, 0) is 19.7 Å². The molecule has 0 bridgehead atoms. The second-order valence-electron chi connectivity index (χ2n) is 5.61. The van der Waals surface area contributed by atoms with Crippen molar-refractivity contribution >= 4 is 11.9 Å². The van der Waals surface area contributed by atoms with Gasteiger partial charge in [-0.05, 0) is 16.7 Å². The van der Waals surface area contributed by atoms with E-state index in [2.05, 4.69) is 6.92 Å². The number of hydrogen-bond acceptors (Lipinski definition) is 3. The minimum atomic E-state index is -1.25. The predicted molar refractivity (Wildman–Crippen MR) is 95.7 cm³/mol. The highest BCUT2D eigenvalue weighted by molar-refractivity contribution is 5.98. The molecule has 0 atom stereocenters. The average Bonchev–Trinajstić information content (AvgIpc) is 2.64. The van der Waals surface area contributed by atoms with E-state index in [1.165, 1.54) is 0 Å². The lowest BCUT2D eigenvalue weighted by molar-refractivity contribution is -0.158. The molecule has 0 aliphatic heterocycles. The van der Waals surface area contributed by atoms with Crippen LogP contribution >= 0.6 is 0 Å². The van der Waals surface area contributed by atoms with Crippen LogP contribution in [0.25, 0.3) is 0 Å². The highest BCUT2D eigenvalue weighted by Crippen LogP contribution is 2.40. The van der Waals surface area contributed by atoms with Gasteiger partial charge in [0.1, 0.15) is 5.41 Å². The molecule has 0 heterocycles. The molecule has 0 spiro atoms. The first kappa shape index (κ1) is 16.7. The third-order valence-corrected chi connectivity index (χ3v) is 4.13. The highest BCUT2D eigenvalue weighted by atomic mass is 16.6. The predicted octanol–water partition coefficient (Wildman–Crippen LogP) is 3.92. The summed E-state index contributed by atoms with van der Waals surface area (Å²) < 4.78 is 4.99. The van der Waals surface area contributed by atoms with Gasteiger partial charge < -0.3 is 4.74 Å². The summed E-state index contributed by atoms with van der Waals surface area (Å²) in [6, 6.07) is 27.9. The second kappa shape index (κ2) is 7.14. The number of hydrogen-bond donors (Lipinski definition) is 0. The van der Waals surface area contributed by atoms with E-state index < -0.39 is 17.4 Å². The molecule has 0 aliphatic carbocycles. The zero-order valence-corrected chi connectivity index (χ0v) is 13.6. The molecule has 3 heteroatoms. The van der Waals surface area contributed by atoms with E-state index in [-0.39, 0.29) is 0 Å². The molecule has 3 rings (SSSR count). The van der Waals surface area contributed by atoms with E-state index in [4.69, 9.17) is 4.74 Å². The lowest BCUT2D eigenvalue weighted by Crippen LogP contribution is -2.40. The number of ether oxygens (including phenoxy) is 1. The van der Waals surface area contributed by atoms with Crippen LogP contribution in [0.3, 0.4) is 0 Å². The van der Waals surface area contributed by atoms with Gasteiger partial charge in [-0.1, -0.05) is 91.0 Å². The summed E-state index contributed by atoms with van der Waals surface area (Å²) in [6.45, 7) is 3.19. The summed E-state index contributed by atoms with van der Waals surface area (Å²) >= 11 is 0. The number of benzene rings is 3. The topological polar surface area (TPSA) is 43.4 Å². The second-order valence-corrected chi connectivity index (χ2v) is 5.61. The number of rotatable bonds is 4. The molecule has 3 nitrogen and oxygen atoms in total. The van der Waals surface area contributed by atoms with Crippen molar-refractivity contribution in [1.82, 2.24) is 0 Å². The van der Waals surface area contributed by atoms with Gasteiger partial charge in [-0.3, -0.25) is 4.79 Å². The molecule has 3 aromatic rings. The van der Waals surface area contributed by atoms with Crippen molar-refractivity contribution in [3.05, 3.63) is 115 Å². The van der Waals surface area contributed by atoms with Gasteiger partial charge in [-0.2, -0.15) is 0 Å². The van der Waals surface area contributed by atoms with Crippen molar-refractivity contribution in [3.63, 3.8) is 0 Å². The van der Waals surface area contributed by atoms with Crippen LogP contribution in [0.15, 0.2) is 91.0 Å².